The van der Waals surface area contributed by atoms with E-state index in [1.54, 1.807) is 0 Å². The topological polar surface area (TPSA) is 18.5 Å². The Morgan fingerprint density at radius 3 is 1.86 bits per heavy atom. The lowest BCUT2D eigenvalue weighted by Gasteiger charge is -1.91. The van der Waals surface area contributed by atoms with Crippen LogP contribution in [0.1, 0.15) is 6.42 Å². The third kappa shape index (κ3) is 1.90. The highest BCUT2D eigenvalue weighted by Gasteiger charge is 1.94. The molecule has 0 atom stereocenters. The molecule has 0 spiro atoms. The van der Waals surface area contributed by atoms with Gasteiger partial charge in [0.05, 0.1) is 13.2 Å². The quantitative estimate of drug-likeness (QED) is 0.441. The molecule has 0 bridgehead atoms. The van der Waals surface area contributed by atoms with Crippen molar-refractivity contribution in [3.63, 3.8) is 0 Å². The molecule has 0 saturated carbocycles. The Labute approximate surface area is 43.4 Å². The molecule has 1 heterocycles. The Morgan fingerprint density at radius 1 is 0.714 bits per heavy atom. The van der Waals surface area contributed by atoms with Crippen molar-refractivity contribution in [1.29, 1.82) is 0 Å². The third-order valence-corrected chi connectivity index (χ3v) is 0.949. The van der Waals surface area contributed by atoms with Crippen LogP contribution in [-0.4, -0.2) is 26.4 Å². The fraction of sp³-hybridized carbons (Fsp3) is 1.00. The summed E-state index contributed by atoms with van der Waals surface area (Å²) in [5.41, 5.74) is 0. The van der Waals surface area contributed by atoms with Gasteiger partial charge in [-0.15, -0.1) is 0 Å². The predicted molar refractivity (Wildman–Crippen MR) is 26.3 cm³/mol. The zero-order valence-electron chi connectivity index (χ0n) is 4.35. The summed E-state index contributed by atoms with van der Waals surface area (Å²) in [6.45, 7) is 3.31. The first-order chi connectivity index (χ1) is 3.50. The molecule has 1 fully saturated rings. The van der Waals surface area contributed by atoms with E-state index in [1.165, 1.54) is 0 Å². The van der Waals surface area contributed by atoms with Crippen molar-refractivity contribution in [3.05, 3.63) is 0 Å². The molecule has 2 heteroatoms. The minimum absolute atomic E-state index is 0.778. The average molecular weight is 102 g/mol. The summed E-state index contributed by atoms with van der Waals surface area (Å²) >= 11 is 0. The smallest absolute Gasteiger partial charge is 0.0700 e. The van der Waals surface area contributed by atoms with Gasteiger partial charge < -0.3 is 9.47 Å². The molecule has 0 unspecified atom stereocenters. The van der Waals surface area contributed by atoms with E-state index in [1.807, 2.05) is 0 Å². The Morgan fingerprint density at radius 2 is 1.29 bits per heavy atom. The molecule has 1 saturated heterocycles. The number of hydrogen-bond donors (Lipinski definition) is 0. The second-order valence-corrected chi connectivity index (χ2v) is 1.58. The standard InChI is InChI=1S/C5H10O2/c1-2-6-4-5-7-3-1/h1-5H2. The van der Waals surface area contributed by atoms with E-state index < -0.39 is 0 Å². The van der Waals surface area contributed by atoms with Gasteiger partial charge in [-0.25, -0.2) is 0 Å². The molecule has 42 valence electrons. The van der Waals surface area contributed by atoms with Gasteiger partial charge in [0, 0.05) is 13.2 Å². The van der Waals surface area contributed by atoms with Crippen LogP contribution in [-0.2, 0) is 9.47 Å². The van der Waals surface area contributed by atoms with Gasteiger partial charge in [-0.05, 0) is 6.42 Å². The second-order valence-electron chi connectivity index (χ2n) is 1.58. The number of hydrogen-bond acceptors (Lipinski definition) is 2. The van der Waals surface area contributed by atoms with Crippen LogP contribution < -0.4 is 0 Å². The fourth-order valence-corrected chi connectivity index (χ4v) is 0.585. The van der Waals surface area contributed by atoms with E-state index >= 15 is 0 Å². The van der Waals surface area contributed by atoms with E-state index in [4.69, 9.17) is 9.47 Å². The molecule has 0 aromatic carbocycles. The molecule has 7 heavy (non-hydrogen) atoms. The second kappa shape index (κ2) is 2.99. The summed E-state index contributed by atoms with van der Waals surface area (Å²) < 4.78 is 10.1. The maximum atomic E-state index is 5.07. The van der Waals surface area contributed by atoms with Crippen molar-refractivity contribution in [1.82, 2.24) is 0 Å². The van der Waals surface area contributed by atoms with Crippen LogP contribution in [0.3, 0.4) is 0 Å². The molecular weight excluding hydrogens is 92.1 g/mol. The van der Waals surface area contributed by atoms with Gasteiger partial charge in [0.15, 0.2) is 0 Å². The van der Waals surface area contributed by atoms with Crippen LogP contribution in [0.2, 0.25) is 0 Å². The normalized spacial score (nSPS) is 24.0. The third-order valence-electron chi connectivity index (χ3n) is 0.949. The van der Waals surface area contributed by atoms with Gasteiger partial charge in [0.25, 0.3) is 0 Å². The van der Waals surface area contributed by atoms with Gasteiger partial charge in [-0.1, -0.05) is 0 Å². The van der Waals surface area contributed by atoms with Crippen molar-refractivity contribution in [2.45, 2.75) is 6.42 Å². The van der Waals surface area contributed by atoms with Crippen molar-refractivity contribution < 1.29 is 9.47 Å². The van der Waals surface area contributed by atoms with Gasteiger partial charge in [-0.2, -0.15) is 0 Å². The largest absolute Gasteiger partial charge is 0.379 e. The number of rotatable bonds is 0. The van der Waals surface area contributed by atoms with Crippen LogP contribution in [0.25, 0.3) is 0 Å². The highest BCUT2D eigenvalue weighted by molar-refractivity contribution is 4.39. The molecule has 0 radical (unpaired) electrons. The summed E-state index contributed by atoms with van der Waals surface area (Å²) in [5.74, 6) is 0. The number of ether oxygens (including phenoxy) is 2. The summed E-state index contributed by atoms with van der Waals surface area (Å²) in [4.78, 5) is 0. The molecular formula is C5H10O2. The summed E-state index contributed by atoms with van der Waals surface area (Å²) in [6.07, 6.45) is 1.06. The zero-order chi connectivity index (χ0) is 4.95. The minimum atomic E-state index is 0.778. The Balaban J connectivity index is 2.04. The van der Waals surface area contributed by atoms with Crippen LogP contribution in [0.4, 0.5) is 0 Å². The van der Waals surface area contributed by atoms with Crippen LogP contribution in [0.5, 0.6) is 0 Å². The van der Waals surface area contributed by atoms with Crippen molar-refractivity contribution in [3.8, 4) is 0 Å². The molecule has 0 amide bonds. The molecule has 0 aromatic heterocycles. The lowest BCUT2D eigenvalue weighted by molar-refractivity contribution is 0.103. The van der Waals surface area contributed by atoms with Crippen LogP contribution in [0, 0.1) is 0 Å². The van der Waals surface area contributed by atoms with E-state index in [-0.39, 0.29) is 0 Å². The van der Waals surface area contributed by atoms with Gasteiger partial charge in [0.2, 0.25) is 0 Å². The SMILES string of the molecule is C1COCCOC1. The van der Waals surface area contributed by atoms with Crippen molar-refractivity contribution in [2.75, 3.05) is 26.4 Å². The Kier molecular flexibility index (Phi) is 2.17. The monoisotopic (exact) mass is 102 g/mol. The summed E-state index contributed by atoms with van der Waals surface area (Å²) in [7, 11) is 0. The fourth-order valence-electron chi connectivity index (χ4n) is 0.585. The molecule has 2 nitrogen and oxygen atoms in total. The first-order valence-corrected chi connectivity index (χ1v) is 2.65. The van der Waals surface area contributed by atoms with Gasteiger partial charge in [-0.3, -0.25) is 0 Å². The van der Waals surface area contributed by atoms with Crippen molar-refractivity contribution in [2.24, 2.45) is 0 Å². The molecule has 0 aromatic rings. The highest BCUT2D eigenvalue weighted by atomic mass is 16.5. The lowest BCUT2D eigenvalue weighted by atomic mass is 10.5. The Bertz CT molecular complexity index is 25.7. The average Bonchev–Trinajstić information content (AvgIpc) is 1.90. The maximum absolute atomic E-state index is 5.07. The van der Waals surface area contributed by atoms with Crippen molar-refractivity contribution >= 4 is 0 Å². The predicted octanol–water partition coefficient (Wildman–Crippen LogP) is 0.423. The van der Waals surface area contributed by atoms with E-state index in [0.29, 0.717) is 0 Å². The van der Waals surface area contributed by atoms with Gasteiger partial charge in [0.1, 0.15) is 0 Å². The first-order valence-electron chi connectivity index (χ1n) is 2.65. The molecule has 0 N–H and O–H groups in total. The minimum Gasteiger partial charge on any atom is -0.379 e. The molecule has 0 aliphatic carbocycles. The highest BCUT2D eigenvalue weighted by Crippen LogP contribution is 1.90. The lowest BCUT2D eigenvalue weighted by Crippen LogP contribution is -1.96. The first kappa shape index (κ1) is 5.06. The zero-order valence-corrected chi connectivity index (χ0v) is 4.35. The summed E-state index contributed by atoms with van der Waals surface area (Å²) in [5, 5.41) is 0. The Hall–Kier alpha value is -0.0800. The van der Waals surface area contributed by atoms with E-state index in [2.05, 4.69) is 0 Å². The van der Waals surface area contributed by atoms with Crippen LogP contribution >= 0.6 is 0 Å². The maximum Gasteiger partial charge on any atom is 0.0700 e. The summed E-state index contributed by atoms with van der Waals surface area (Å²) in [6, 6.07) is 0. The van der Waals surface area contributed by atoms with Crippen LogP contribution in [0.15, 0.2) is 0 Å². The molecule has 1 aliphatic rings. The molecule has 1 rings (SSSR count). The van der Waals surface area contributed by atoms with E-state index in [0.717, 1.165) is 32.8 Å². The van der Waals surface area contributed by atoms with E-state index in [9.17, 15) is 0 Å². The van der Waals surface area contributed by atoms with Gasteiger partial charge >= 0.3 is 0 Å². The molecule has 1 aliphatic heterocycles.